The largest absolute Gasteiger partial charge is 0.357 e. The molecule has 0 heterocycles. The Hall–Kier alpha value is -1.10. The van der Waals surface area contributed by atoms with Crippen molar-refractivity contribution >= 4 is 11.8 Å². The van der Waals surface area contributed by atoms with Gasteiger partial charge in [-0.05, 0) is 25.3 Å². The van der Waals surface area contributed by atoms with E-state index < -0.39 is 6.04 Å². The van der Waals surface area contributed by atoms with Gasteiger partial charge >= 0.3 is 0 Å². The van der Waals surface area contributed by atoms with E-state index in [2.05, 4.69) is 10.6 Å². The molecule has 0 aliphatic heterocycles. The summed E-state index contributed by atoms with van der Waals surface area (Å²) in [5.41, 5.74) is 5.41. The molecule has 0 radical (unpaired) electrons. The fourth-order valence-corrected chi connectivity index (χ4v) is 1.57. The molecule has 0 bridgehead atoms. The van der Waals surface area contributed by atoms with Crippen LogP contribution in [0.2, 0.25) is 0 Å². The van der Waals surface area contributed by atoms with Crippen LogP contribution in [-0.4, -0.2) is 31.4 Å². The lowest BCUT2D eigenvalue weighted by Crippen LogP contribution is -2.48. The van der Waals surface area contributed by atoms with Gasteiger partial charge < -0.3 is 16.4 Å². The third kappa shape index (κ3) is 6.26. The van der Waals surface area contributed by atoms with E-state index in [0.717, 1.165) is 0 Å². The second-order valence-electron chi connectivity index (χ2n) is 4.78. The Kier molecular flexibility index (Phi) is 7.54. The maximum absolute atomic E-state index is 11.8. The van der Waals surface area contributed by atoms with E-state index in [4.69, 9.17) is 5.73 Å². The van der Waals surface area contributed by atoms with Gasteiger partial charge in [0.25, 0.3) is 0 Å². The van der Waals surface area contributed by atoms with Crippen LogP contribution in [0, 0.1) is 11.8 Å². The first kappa shape index (κ1) is 15.9. The number of carbonyl (C=O) groups excluding carboxylic acids is 2. The summed E-state index contributed by atoms with van der Waals surface area (Å²) in [5.74, 6) is -0.0570. The molecule has 5 heteroatoms. The molecule has 0 fully saturated rings. The molecule has 100 valence electrons. The van der Waals surface area contributed by atoms with E-state index in [1.165, 1.54) is 0 Å². The third-order valence-electron chi connectivity index (χ3n) is 2.63. The number of nitrogens with two attached hydrogens (primary N) is 1. The maximum atomic E-state index is 11.8. The molecule has 0 saturated heterocycles. The molecule has 0 aromatic carbocycles. The second-order valence-corrected chi connectivity index (χ2v) is 4.78. The predicted molar refractivity (Wildman–Crippen MR) is 68.3 cm³/mol. The van der Waals surface area contributed by atoms with Gasteiger partial charge in [-0.1, -0.05) is 20.8 Å². The van der Waals surface area contributed by atoms with Crippen LogP contribution in [0.25, 0.3) is 0 Å². The molecule has 5 nitrogen and oxygen atoms in total. The first-order chi connectivity index (χ1) is 7.92. The monoisotopic (exact) mass is 243 g/mol. The van der Waals surface area contributed by atoms with Crippen molar-refractivity contribution in [3.05, 3.63) is 0 Å². The molecule has 2 unspecified atom stereocenters. The minimum Gasteiger partial charge on any atom is -0.357 e. The SMILES string of the molecule is CNC(=O)C(CC(C)C)NC(=O)C(C)CCN. The average molecular weight is 243 g/mol. The summed E-state index contributed by atoms with van der Waals surface area (Å²) in [6.45, 7) is 6.33. The Morgan fingerprint density at radius 3 is 2.18 bits per heavy atom. The number of carbonyl (C=O) groups is 2. The molecule has 2 atom stereocenters. The van der Waals surface area contributed by atoms with Crippen LogP contribution in [-0.2, 0) is 9.59 Å². The van der Waals surface area contributed by atoms with Gasteiger partial charge in [0.1, 0.15) is 6.04 Å². The molecular weight excluding hydrogens is 218 g/mol. The highest BCUT2D eigenvalue weighted by molar-refractivity contribution is 5.88. The van der Waals surface area contributed by atoms with Gasteiger partial charge in [0.15, 0.2) is 0 Å². The van der Waals surface area contributed by atoms with E-state index in [0.29, 0.717) is 25.3 Å². The first-order valence-electron chi connectivity index (χ1n) is 6.14. The summed E-state index contributed by atoms with van der Waals surface area (Å²) in [4.78, 5) is 23.4. The predicted octanol–water partition coefficient (Wildman–Crippen LogP) is 0.248. The van der Waals surface area contributed by atoms with Gasteiger partial charge in [-0.2, -0.15) is 0 Å². The van der Waals surface area contributed by atoms with Crippen LogP contribution in [0.3, 0.4) is 0 Å². The van der Waals surface area contributed by atoms with E-state index in [1.807, 2.05) is 20.8 Å². The lowest BCUT2D eigenvalue weighted by Gasteiger charge is -2.21. The quantitative estimate of drug-likeness (QED) is 0.599. The lowest BCUT2D eigenvalue weighted by molar-refractivity contribution is -0.131. The van der Waals surface area contributed by atoms with Crippen LogP contribution in [0.1, 0.15) is 33.6 Å². The van der Waals surface area contributed by atoms with Crippen molar-refractivity contribution in [2.24, 2.45) is 17.6 Å². The minimum atomic E-state index is -0.451. The Labute approximate surface area is 104 Å². The zero-order chi connectivity index (χ0) is 13.4. The van der Waals surface area contributed by atoms with Crippen LogP contribution in [0.15, 0.2) is 0 Å². The zero-order valence-corrected chi connectivity index (χ0v) is 11.2. The van der Waals surface area contributed by atoms with E-state index in [-0.39, 0.29) is 17.7 Å². The Bertz CT molecular complexity index is 254. The van der Waals surface area contributed by atoms with Gasteiger partial charge in [-0.15, -0.1) is 0 Å². The molecular formula is C12H25N3O2. The summed E-state index contributed by atoms with van der Waals surface area (Å²) < 4.78 is 0. The summed E-state index contributed by atoms with van der Waals surface area (Å²) >= 11 is 0. The van der Waals surface area contributed by atoms with Crippen LogP contribution >= 0.6 is 0 Å². The molecule has 2 amide bonds. The minimum absolute atomic E-state index is 0.107. The Morgan fingerprint density at radius 2 is 1.76 bits per heavy atom. The van der Waals surface area contributed by atoms with Crippen molar-refractivity contribution in [3.8, 4) is 0 Å². The molecule has 0 aromatic heterocycles. The van der Waals surface area contributed by atoms with E-state index in [1.54, 1.807) is 7.05 Å². The normalized spacial score (nSPS) is 14.2. The molecule has 4 N–H and O–H groups in total. The lowest BCUT2D eigenvalue weighted by atomic mass is 10.0. The van der Waals surface area contributed by atoms with Gasteiger partial charge in [0, 0.05) is 13.0 Å². The maximum Gasteiger partial charge on any atom is 0.242 e. The summed E-state index contributed by atoms with van der Waals surface area (Å²) in [7, 11) is 1.57. The number of likely N-dealkylation sites (N-methyl/N-ethyl adjacent to an activating group) is 1. The van der Waals surface area contributed by atoms with Crippen molar-refractivity contribution in [1.29, 1.82) is 0 Å². The number of nitrogens with one attached hydrogen (secondary N) is 2. The van der Waals surface area contributed by atoms with Crippen LogP contribution < -0.4 is 16.4 Å². The number of hydrogen-bond acceptors (Lipinski definition) is 3. The zero-order valence-electron chi connectivity index (χ0n) is 11.2. The average Bonchev–Trinajstić information content (AvgIpc) is 2.26. The third-order valence-corrected chi connectivity index (χ3v) is 2.63. The molecule has 0 aliphatic carbocycles. The van der Waals surface area contributed by atoms with E-state index in [9.17, 15) is 9.59 Å². The number of amides is 2. The van der Waals surface area contributed by atoms with Gasteiger partial charge in [-0.25, -0.2) is 0 Å². The van der Waals surface area contributed by atoms with Gasteiger partial charge in [0.2, 0.25) is 11.8 Å². The summed E-state index contributed by atoms with van der Waals surface area (Å²) in [5, 5.41) is 5.35. The van der Waals surface area contributed by atoms with Crippen LogP contribution in [0.4, 0.5) is 0 Å². The van der Waals surface area contributed by atoms with Crippen molar-refractivity contribution in [1.82, 2.24) is 10.6 Å². The smallest absolute Gasteiger partial charge is 0.242 e. The number of hydrogen-bond donors (Lipinski definition) is 3. The van der Waals surface area contributed by atoms with Crippen LogP contribution in [0.5, 0.6) is 0 Å². The highest BCUT2D eigenvalue weighted by Crippen LogP contribution is 2.07. The Balaban J connectivity index is 4.42. The number of rotatable bonds is 7. The first-order valence-corrected chi connectivity index (χ1v) is 6.14. The van der Waals surface area contributed by atoms with Crippen molar-refractivity contribution in [3.63, 3.8) is 0 Å². The molecule has 0 aromatic rings. The fourth-order valence-electron chi connectivity index (χ4n) is 1.57. The second kappa shape index (κ2) is 8.06. The Morgan fingerprint density at radius 1 is 1.18 bits per heavy atom. The van der Waals surface area contributed by atoms with Gasteiger partial charge in [-0.3, -0.25) is 9.59 Å². The standard InChI is InChI=1S/C12H25N3O2/c1-8(2)7-10(12(17)14-4)15-11(16)9(3)5-6-13/h8-10H,5-7,13H2,1-4H3,(H,14,17)(H,15,16). The fraction of sp³-hybridized carbons (Fsp3) is 0.833. The molecule has 17 heavy (non-hydrogen) atoms. The van der Waals surface area contributed by atoms with E-state index >= 15 is 0 Å². The summed E-state index contributed by atoms with van der Waals surface area (Å²) in [6.07, 6.45) is 1.27. The van der Waals surface area contributed by atoms with Gasteiger partial charge in [0.05, 0.1) is 0 Å². The molecule has 0 saturated carbocycles. The van der Waals surface area contributed by atoms with Crippen molar-refractivity contribution < 1.29 is 9.59 Å². The molecule has 0 spiro atoms. The topological polar surface area (TPSA) is 84.2 Å². The molecule has 0 rings (SSSR count). The highest BCUT2D eigenvalue weighted by Gasteiger charge is 2.22. The van der Waals surface area contributed by atoms with Crippen molar-refractivity contribution in [2.75, 3.05) is 13.6 Å². The summed E-state index contributed by atoms with van der Waals surface area (Å²) in [6, 6.07) is -0.451. The highest BCUT2D eigenvalue weighted by atomic mass is 16.2. The van der Waals surface area contributed by atoms with Crippen molar-refractivity contribution in [2.45, 2.75) is 39.7 Å². The molecule has 0 aliphatic rings.